The summed E-state index contributed by atoms with van der Waals surface area (Å²) in [5.41, 5.74) is -1.82. The van der Waals surface area contributed by atoms with E-state index in [4.69, 9.17) is 0 Å². The quantitative estimate of drug-likeness (QED) is 0.662. The maximum Gasteiger partial charge on any atom is 0.189 e. The number of hydrogen-bond acceptors (Lipinski definition) is 4. The lowest BCUT2D eigenvalue weighted by atomic mass is 10.00. The first-order valence-electron chi connectivity index (χ1n) is 4.42. The van der Waals surface area contributed by atoms with Crippen molar-refractivity contribution in [1.82, 2.24) is 5.32 Å². The molecule has 1 aliphatic rings. The fraction of sp³-hybridized carbons (Fsp3) is 0.500. The summed E-state index contributed by atoms with van der Waals surface area (Å²) >= 11 is 0. The van der Waals surface area contributed by atoms with Gasteiger partial charge in [-0.2, -0.15) is 0 Å². The highest BCUT2D eigenvalue weighted by Crippen LogP contribution is 2.18. The molecule has 4 heteroatoms. The van der Waals surface area contributed by atoms with Crippen molar-refractivity contribution in [2.75, 3.05) is 0 Å². The highest BCUT2D eigenvalue weighted by Gasteiger charge is 2.38. The van der Waals surface area contributed by atoms with Gasteiger partial charge in [0, 0.05) is 6.21 Å². The number of allylic oxidation sites excluding steroid dienone is 1. The molecule has 0 aliphatic carbocycles. The maximum atomic E-state index is 11.4. The van der Waals surface area contributed by atoms with E-state index in [0.29, 0.717) is 0 Å². The van der Waals surface area contributed by atoms with Crippen LogP contribution in [0.1, 0.15) is 20.8 Å². The lowest BCUT2D eigenvalue weighted by Crippen LogP contribution is -2.57. The second kappa shape index (κ2) is 3.46. The number of aliphatic imine (C=N–C) groups is 1. The Hall–Kier alpha value is -1.29. The Morgan fingerprint density at radius 2 is 2.21 bits per heavy atom. The van der Waals surface area contributed by atoms with Crippen LogP contribution in [0.4, 0.5) is 0 Å². The van der Waals surface area contributed by atoms with Gasteiger partial charge in [-0.3, -0.25) is 15.1 Å². The van der Waals surface area contributed by atoms with Crippen LogP contribution in [0.5, 0.6) is 0 Å². The number of Topliss-reactive ketones (excluding diaryl/α,β-unsaturated/α-hetero) is 1. The third kappa shape index (κ3) is 1.96. The van der Waals surface area contributed by atoms with E-state index in [9.17, 15) is 9.59 Å². The summed E-state index contributed by atoms with van der Waals surface area (Å²) in [6.45, 7) is 4.85. The van der Waals surface area contributed by atoms with E-state index in [-0.39, 0.29) is 5.78 Å². The van der Waals surface area contributed by atoms with E-state index in [2.05, 4.69) is 10.3 Å². The van der Waals surface area contributed by atoms with Gasteiger partial charge in [0.05, 0.1) is 5.54 Å². The van der Waals surface area contributed by atoms with Crippen molar-refractivity contribution in [1.29, 1.82) is 0 Å². The fourth-order valence-corrected chi connectivity index (χ4v) is 1.28. The molecule has 0 saturated carbocycles. The number of carbonyl (C=O) groups is 2. The number of nitrogens with zero attached hydrogens (tertiary/aromatic N) is 1. The van der Waals surface area contributed by atoms with E-state index in [1.165, 1.54) is 6.92 Å². The second-order valence-electron chi connectivity index (χ2n) is 3.92. The number of rotatable bonds is 4. The largest absolute Gasteiger partial charge is 0.301 e. The van der Waals surface area contributed by atoms with Crippen molar-refractivity contribution in [2.45, 2.75) is 32.0 Å². The third-order valence-corrected chi connectivity index (χ3v) is 2.05. The summed E-state index contributed by atoms with van der Waals surface area (Å²) in [6.07, 6.45) is 5.66. The summed E-state index contributed by atoms with van der Waals surface area (Å²) in [6, 6.07) is 0. The molecule has 0 aromatic carbocycles. The van der Waals surface area contributed by atoms with Gasteiger partial charge in [0.15, 0.2) is 11.4 Å². The smallest absolute Gasteiger partial charge is 0.189 e. The molecule has 0 aromatic rings. The zero-order chi connectivity index (χ0) is 10.8. The van der Waals surface area contributed by atoms with Crippen molar-refractivity contribution < 1.29 is 9.59 Å². The van der Waals surface area contributed by atoms with Crippen LogP contribution in [-0.4, -0.2) is 29.5 Å². The molecule has 0 fully saturated rings. The summed E-state index contributed by atoms with van der Waals surface area (Å²) in [5, 5.41) is 2.92. The molecule has 1 rings (SSSR count). The van der Waals surface area contributed by atoms with Gasteiger partial charge in [0.1, 0.15) is 6.29 Å². The number of nitrogens with one attached hydrogen (secondary N) is 1. The SMILES string of the molecule is CC(=O)C1(NC(C)(C)C=O)C=CC=N1. The molecule has 1 atom stereocenters. The first kappa shape index (κ1) is 10.8. The van der Waals surface area contributed by atoms with Crippen LogP contribution in [0.25, 0.3) is 0 Å². The molecule has 0 radical (unpaired) electrons. The number of carbonyl (C=O) groups excluding carboxylic acids is 2. The van der Waals surface area contributed by atoms with Gasteiger partial charge in [-0.15, -0.1) is 0 Å². The first-order chi connectivity index (χ1) is 6.42. The van der Waals surface area contributed by atoms with Gasteiger partial charge in [-0.25, -0.2) is 0 Å². The van der Waals surface area contributed by atoms with E-state index in [1.807, 2.05) is 0 Å². The zero-order valence-corrected chi connectivity index (χ0v) is 8.57. The molecule has 1 heterocycles. The fourth-order valence-electron chi connectivity index (χ4n) is 1.28. The van der Waals surface area contributed by atoms with Gasteiger partial charge in [0.25, 0.3) is 0 Å². The van der Waals surface area contributed by atoms with Crippen molar-refractivity contribution in [2.24, 2.45) is 4.99 Å². The molecule has 1 unspecified atom stereocenters. The molecule has 1 aliphatic heterocycles. The van der Waals surface area contributed by atoms with Crippen molar-refractivity contribution in [3.63, 3.8) is 0 Å². The summed E-state index contributed by atoms with van der Waals surface area (Å²) in [7, 11) is 0. The highest BCUT2D eigenvalue weighted by molar-refractivity contribution is 5.94. The molecule has 1 N–H and O–H groups in total. The molecule has 0 spiro atoms. The molecule has 0 bridgehead atoms. The van der Waals surface area contributed by atoms with Crippen LogP contribution in [0.15, 0.2) is 17.1 Å². The number of ketones is 1. The molecule has 76 valence electrons. The number of aldehydes is 1. The monoisotopic (exact) mass is 194 g/mol. The Labute approximate surface area is 83.1 Å². The lowest BCUT2D eigenvalue weighted by Gasteiger charge is -2.30. The predicted octanol–water partition coefficient (Wildman–Crippen LogP) is 0.479. The zero-order valence-electron chi connectivity index (χ0n) is 8.57. The molecule has 0 amide bonds. The summed E-state index contributed by atoms with van der Waals surface area (Å²) < 4.78 is 0. The van der Waals surface area contributed by atoms with Gasteiger partial charge in [-0.05, 0) is 32.9 Å². The van der Waals surface area contributed by atoms with Gasteiger partial charge in [0.2, 0.25) is 0 Å². The van der Waals surface area contributed by atoms with Gasteiger partial charge in [-0.1, -0.05) is 0 Å². The molecule has 4 nitrogen and oxygen atoms in total. The van der Waals surface area contributed by atoms with E-state index < -0.39 is 11.2 Å². The van der Waals surface area contributed by atoms with Gasteiger partial charge < -0.3 is 4.79 Å². The van der Waals surface area contributed by atoms with Gasteiger partial charge >= 0.3 is 0 Å². The van der Waals surface area contributed by atoms with Crippen molar-refractivity contribution in [3.8, 4) is 0 Å². The average Bonchev–Trinajstić information content (AvgIpc) is 2.53. The first-order valence-corrected chi connectivity index (χ1v) is 4.42. The predicted molar refractivity (Wildman–Crippen MR) is 54.3 cm³/mol. The summed E-state index contributed by atoms with van der Waals surface area (Å²) in [5.74, 6) is -0.127. The number of hydrogen-bond donors (Lipinski definition) is 1. The topological polar surface area (TPSA) is 58.5 Å². The maximum absolute atomic E-state index is 11.4. The Bertz CT molecular complexity index is 304. The Kier molecular flexibility index (Phi) is 2.66. The standard InChI is InChI=1S/C10H14N2O2/c1-8(14)10(5-4-6-11-10)12-9(2,3)7-13/h4-7,12H,1-3H3. The van der Waals surface area contributed by atoms with Crippen LogP contribution >= 0.6 is 0 Å². The van der Waals surface area contributed by atoms with Crippen LogP contribution < -0.4 is 5.32 Å². The Morgan fingerprint density at radius 1 is 1.57 bits per heavy atom. The molecule has 0 aromatic heterocycles. The minimum atomic E-state index is -1.05. The average molecular weight is 194 g/mol. The second-order valence-corrected chi connectivity index (χ2v) is 3.92. The molecular weight excluding hydrogens is 180 g/mol. The molecule has 0 saturated heterocycles. The molecule has 14 heavy (non-hydrogen) atoms. The van der Waals surface area contributed by atoms with E-state index >= 15 is 0 Å². The van der Waals surface area contributed by atoms with E-state index in [1.54, 1.807) is 32.2 Å². The highest BCUT2D eigenvalue weighted by atomic mass is 16.1. The minimum Gasteiger partial charge on any atom is -0.301 e. The Balaban J connectivity index is 2.93. The Morgan fingerprint density at radius 3 is 2.57 bits per heavy atom. The van der Waals surface area contributed by atoms with Crippen LogP contribution in [-0.2, 0) is 9.59 Å². The third-order valence-electron chi connectivity index (χ3n) is 2.05. The summed E-state index contributed by atoms with van der Waals surface area (Å²) in [4.78, 5) is 26.2. The van der Waals surface area contributed by atoms with Crippen molar-refractivity contribution >= 4 is 18.3 Å². The van der Waals surface area contributed by atoms with E-state index in [0.717, 1.165) is 6.29 Å². The minimum absolute atomic E-state index is 0.127. The molecular formula is C10H14N2O2. The van der Waals surface area contributed by atoms with Crippen LogP contribution in [0.2, 0.25) is 0 Å². The lowest BCUT2D eigenvalue weighted by molar-refractivity contribution is -0.122. The normalized spacial score (nSPS) is 25.4. The van der Waals surface area contributed by atoms with Crippen molar-refractivity contribution in [3.05, 3.63) is 12.2 Å². The van der Waals surface area contributed by atoms with Crippen LogP contribution in [0, 0.1) is 0 Å². The van der Waals surface area contributed by atoms with Crippen LogP contribution in [0.3, 0.4) is 0 Å².